The van der Waals surface area contributed by atoms with Gasteiger partial charge < -0.3 is 15.0 Å². The highest BCUT2D eigenvalue weighted by molar-refractivity contribution is 5.92. The summed E-state index contributed by atoms with van der Waals surface area (Å²) in [7, 11) is 1.72. The smallest absolute Gasteiger partial charge is 0.274 e. The first-order valence-electron chi connectivity index (χ1n) is 8.97. The Morgan fingerprint density at radius 3 is 3.04 bits per heavy atom. The molecule has 2 unspecified atom stereocenters. The molecular formula is C17H29N5O2. The number of methoxy groups -OCH3 is 1. The Morgan fingerprint density at radius 1 is 1.46 bits per heavy atom. The Kier molecular flexibility index (Phi) is 5.86. The second-order valence-corrected chi connectivity index (χ2v) is 6.81. The van der Waals surface area contributed by atoms with Crippen LogP contribution in [0.1, 0.15) is 36.3 Å². The van der Waals surface area contributed by atoms with Crippen molar-refractivity contribution >= 4 is 5.91 Å². The summed E-state index contributed by atoms with van der Waals surface area (Å²) in [6, 6.07) is 2.58. The molecule has 2 aliphatic rings. The molecule has 0 spiro atoms. The van der Waals surface area contributed by atoms with E-state index in [9.17, 15) is 4.79 Å². The molecule has 24 heavy (non-hydrogen) atoms. The van der Waals surface area contributed by atoms with Gasteiger partial charge in [0.2, 0.25) is 0 Å². The van der Waals surface area contributed by atoms with Gasteiger partial charge in [-0.1, -0.05) is 0 Å². The van der Waals surface area contributed by atoms with Gasteiger partial charge in [-0.25, -0.2) is 0 Å². The third-order valence-corrected chi connectivity index (χ3v) is 5.11. The van der Waals surface area contributed by atoms with Crippen molar-refractivity contribution in [3.63, 3.8) is 0 Å². The first-order chi connectivity index (χ1) is 11.7. The summed E-state index contributed by atoms with van der Waals surface area (Å²) in [6.45, 7) is 8.23. The number of rotatable bonds is 5. The van der Waals surface area contributed by atoms with E-state index < -0.39 is 0 Å². The normalized spacial score (nSPS) is 25.8. The Balaban J connectivity index is 1.58. The van der Waals surface area contributed by atoms with Crippen LogP contribution in [0.3, 0.4) is 0 Å². The topological polar surface area (TPSA) is 62.6 Å². The van der Waals surface area contributed by atoms with Crippen LogP contribution in [-0.2, 0) is 4.74 Å². The van der Waals surface area contributed by atoms with Crippen molar-refractivity contribution in [2.45, 2.75) is 31.8 Å². The summed E-state index contributed by atoms with van der Waals surface area (Å²) in [5.41, 5.74) is 0.568. The maximum Gasteiger partial charge on any atom is 0.274 e. The van der Waals surface area contributed by atoms with Crippen molar-refractivity contribution in [1.29, 1.82) is 0 Å². The number of ether oxygens (including phenoxy) is 1. The fourth-order valence-corrected chi connectivity index (χ4v) is 3.60. The molecule has 7 heteroatoms. The third kappa shape index (κ3) is 3.96. The molecule has 2 fully saturated rings. The maximum absolute atomic E-state index is 12.8. The zero-order valence-electron chi connectivity index (χ0n) is 14.8. The number of nitrogens with zero attached hydrogens (tertiary/aromatic N) is 4. The van der Waals surface area contributed by atoms with Gasteiger partial charge in [0.25, 0.3) is 5.91 Å². The molecule has 1 N–H and O–H groups in total. The predicted octanol–water partition coefficient (Wildman–Crippen LogP) is 0.600. The van der Waals surface area contributed by atoms with E-state index in [1.807, 2.05) is 21.8 Å². The Hall–Kier alpha value is -1.44. The number of aromatic nitrogens is 2. The molecule has 1 amide bonds. The summed E-state index contributed by atoms with van der Waals surface area (Å²) < 4.78 is 7.11. The standard InChI is InChI=1S/C17H29N5O2/c1-14-13-21(9-8-20(14)10-11-24-2)17(23)16-5-7-22(19-16)15-4-3-6-18-12-15/h5,7,14-15,18H,3-4,6,8-13H2,1-2H3. The molecule has 7 nitrogen and oxygen atoms in total. The van der Waals surface area contributed by atoms with Crippen molar-refractivity contribution in [3.8, 4) is 0 Å². The molecule has 3 heterocycles. The number of carbonyl (C=O) groups excluding carboxylic acids is 1. The zero-order chi connectivity index (χ0) is 16.9. The average Bonchev–Trinajstić information content (AvgIpc) is 3.11. The fourth-order valence-electron chi connectivity index (χ4n) is 3.60. The van der Waals surface area contributed by atoms with Crippen LogP contribution < -0.4 is 5.32 Å². The lowest BCUT2D eigenvalue weighted by molar-refractivity contribution is 0.0429. The van der Waals surface area contributed by atoms with Gasteiger partial charge in [0.15, 0.2) is 0 Å². The lowest BCUT2D eigenvalue weighted by atomic mass is 10.1. The number of piperazine rings is 1. The Bertz CT molecular complexity index is 541. The van der Waals surface area contributed by atoms with Gasteiger partial charge in [0.05, 0.1) is 12.6 Å². The van der Waals surface area contributed by atoms with E-state index >= 15 is 0 Å². The quantitative estimate of drug-likeness (QED) is 0.854. The summed E-state index contributed by atoms with van der Waals surface area (Å²) in [6.07, 6.45) is 4.23. The van der Waals surface area contributed by atoms with Gasteiger partial charge in [0.1, 0.15) is 5.69 Å². The van der Waals surface area contributed by atoms with E-state index in [1.54, 1.807) is 7.11 Å². The number of nitrogens with one attached hydrogen (secondary N) is 1. The van der Waals surface area contributed by atoms with Crippen molar-refractivity contribution in [1.82, 2.24) is 24.9 Å². The summed E-state index contributed by atoms with van der Waals surface area (Å²) >= 11 is 0. The molecule has 1 aromatic heterocycles. The first kappa shape index (κ1) is 17.4. The van der Waals surface area contributed by atoms with Crippen LogP contribution in [0.4, 0.5) is 0 Å². The van der Waals surface area contributed by atoms with E-state index in [1.165, 1.54) is 0 Å². The van der Waals surface area contributed by atoms with Crippen LogP contribution in [-0.4, -0.2) is 84.5 Å². The molecular weight excluding hydrogens is 306 g/mol. The van der Waals surface area contributed by atoms with Gasteiger partial charge in [-0.15, -0.1) is 0 Å². The molecule has 0 saturated carbocycles. The van der Waals surface area contributed by atoms with Crippen LogP contribution >= 0.6 is 0 Å². The number of piperidine rings is 1. The Labute approximate surface area is 143 Å². The molecule has 0 aliphatic carbocycles. The van der Waals surface area contributed by atoms with E-state index in [4.69, 9.17) is 4.74 Å². The molecule has 3 rings (SSSR count). The second-order valence-electron chi connectivity index (χ2n) is 6.81. The fraction of sp³-hybridized carbons (Fsp3) is 0.765. The number of carbonyl (C=O) groups is 1. The van der Waals surface area contributed by atoms with Crippen molar-refractivity contribution in [2.24, 2.45) is 0 Å². The van der Waals surface area contributed by atoms with Crippen LogP contribution in [0.25, 0.3) is 0 Å². The molecule has 1 aromatic rings. The molecule has 2 aliphatic heterocycles. The molecule has 2 saturated heterocycles. The van der Waals surface area contributed by atoms with Gasteiger partial charge in [-0.05, 0) is 32.4 Å². The SMILES string of the molecule is COCCN1CCN(C(=O)c2ccn(C3CCCNC3)n2)CC1C. The van der Waals surface area contributed by atoms with E-state index in [0.29, 0.717) is 17.8 Å². The minimum absolute atomic E-state index is 0.0516. The lowest BCUT2D eigenvalue weighted by Crippen LogP contribution is -2.54. The van der Waals surface area contributed by atoms with Crippen LogP contribution in [0.15, 0.2) is 12.3 Å². The summed E-state index contributed by atoms with van der Waals surface area (Å²) in [5, 5.41) is 7.95. The minimum Gasteiger partial charge on any atom is -0.383 e. The van der Waals surface area contributed by atoms with E-state index in [-0.39, 0.29) is 5.91 Å². The van der Waals surface area contributed by atoms with Gasteiger partial charge in [-0.2, -0.15) is 5.10 Å². The molecule has 2 atom stereocenters. The average molecular weight is 335 g/mol. The lowest BCUT2D eigenvalue weighted by Gasteiger charge is -2.39. The predicted molar refractivity (Wildman–Crippen MR) is 92.2 cm³/mol. The number of hydrogen-bond donors (Lipinski definition) is 1. The number of amides is 1. The van der Waals surface area contributed by atoms with Gasteiger partial charge >= 0.3 is 0 Å². The molecule has 0 bridgehead atoms. The number of hydrogen-bond acceptors (Lipinski definition) is 5. The monoisotopic (exact) mass is 335 g/mol. The summed E-state index contributed by atoms with van der Waals surface area (Å²) in [4.78, 5) is 17.1. The van der Waals surface area contributed by atoms with Crippen molar-refractivity contribution in [3.05, 3.63) is 18.0 Å². The van der Waals surface area contributed by atoms with E-state index in [0.717, 1.165) is 58.7 Å². The maximum atomic E-state index is 12.8. The van der Waals surface area contributed by atoms with Gasteiger partial charge in [-0.3, -0.25) is 14.4 Å². The van der Waals surface area contributed by atoms with Crippen LogP contribution in [0, 0.1) is 0 Å². The Morgan fingerprint density at radius 2 is 2.33 bits per heavy atom. The second kappa shape index (κ2) is 8.09. The molecule has 0 radical (unpaired) electrons. The molecule has 134 valence electrons. The highest BCUT2D eigenvalue weighted by atomic mass is 16.5. The van der Waals surface area contributed by atoms with Gasteiger partial charge in [0, 0.05) is 52.1 Å². The third-order valence-electron chi connectivity index (χ3n) is 5.11. The first-order valence-corrected chi connectivity index (χ1v) is 8.97. The van der Waals surface area contributed by atoms with Crippen LogP contribution in [0.2, 0.25) is 0 Å². The highest BCUT2D eigenvalue weighted by Crippen LogP contribution is 2.17. The highest BCUT2D eigenvalue weighted by Gasteiger charge is 2.28. The van der Waals surface area contributed by atoms with E-state index in [2.05, 4.69) is 22.2 Å². The summed E-state index contributed by atoms with van der Waals surface area (Å²) in [5.74, 6) is 0.0516. The largest absolute Gasteiger partial charge is 0.383 e. The van der Waals surface area contributed by atoms with Crippen molar-refractivity contribution in [2.75, 3.05) is 53.0 Å². The van der Waals surface area contributed by atoms with Crippen molar-refractivity contribution < 1.29 is 9.53 Å². The van der Waals surface area contributed by atoms with Crippen LogP contribution in [0.5, 0.6) is 0 Å². The zero-order valence-corrected chi connectivity index (χ0v) is 14.8. The minimum atomic E-state index is 0.0516. The molecule has 0 aromatic carbocycles.